The Morgan fingerprint density at radius 3 is 2.86 bits per heavy atom. The van der Waals surface area contributed by atoms with E-state index in [0.717, 1.165) is 34.8 Å². The molecule has 0 saturated carbocycles. The molecule has 0 bridgehead atoms. The van der Waals surface area contributed by atoms with Crippen LogP contribution in [0.5, 0.6) is 0 Å². The van der Waals surface area contributed by atoms with Crippen LogP contribution in [0, 0.1) is 0 Å². The number of nitrogens with zero attached hydrogens (tertiary/aromatic N) is 3. The van der Waals surface area contributed by atoms with E-state index < -0.39 is 0 Å². The molecule has 0 spiro atoms. The number of aromatic nitrogens is 1. The highest BCUT2D eigenvalue weighted by atomic mass is 32.1. The van der Waals surface area contributed by atoms with Crippen LogP contribution >= 0.6 is 11.3 Å². The van der Waals surface area contributed by atoms with Crippen molar-refractivity contribution in [1.29, 1.82) is 0 Å². The van der Waals surface area contributed by atoms with Gasteiger partial charge < -0.3 is 4.42 Å². The smallest absolute Gasteiger partial charge is 0.206 e. The van der Waals surface area contributed by atoms with E-state index in [1.54, 1.807) is 17.6 Å². The van der Waals surface area contributed by atoms with Crippen LogP contribution in [0.3, 0.4) is 0 Å². The molecule has 0 radical (unpaired) electrons. The van der Waals surface area contributed by atoms with E-state index in [9.17, 15) is 0 Å². The molecule has 0 unspecified atom stereocenters. The summed E-state index contributed by atoms with van der Waals surface area (Å²) in [6.07, 6.45) is 5.03. The van der Waals surface area contributed by atoms with Crippen molar-refractivity contribution in [3.05, 3.63) is 28.6 Å². The van der Waals surface area contributed by atoms with E-state index in [1.165, 1.54) is 6.42 Å². The minimum absolute atomic E-state index is 0.241. The van der Waals surface area contributed by atoms with Crippen LogP contribution < -0.4 is 4.80 Å². The Morgan fingerprint density at radius 2 is 2.24 bits per heavy atom. The molecule has 0 saturated heterocycles. The van der Waals surface area contributed by atoms with Crippen molar-refractivity contribution in [2.45, 2.75) is 53.0 Å². The molecular weight excluding hydrogens is 282 g/mol. The molecule has 4 nitrogen and oxygen atoms in total. The van der Waals surface area contributed by atoms with Crippen molar-refractivity contribution < 1.29 is 4.42 Å². The Bertz CT molecular complexity index is 647. The predicted molar refractivity (Wildman–Crippen MR) is 88.7 cm³/mol. The first-order valence-corrected chi connectivity index (χ1v) is 8.32. The fraction of sp³-hybridized carbons (Fsp3) is 0.500. The SMILES string of the molecule is CCCCC(C)=Nn1c(-c2ccco2)csc1=NC(C)C. The third-order valence-electron chi connectivity index (χ3n) is 2.99. The van der Waals surface area contributed by atoms with Crippen LogP contribution in [0.2, 0.25) is 0 Å². The highest BCUT2D eigenvalue weighted by molar-refractivity contribution is 7.07. The number of furan rings is 1. The lowest BCUT2D eigenvalue weighted by Gasteiger charge is -2.04. The Kier molecular flexibility index (Phi) is 5.56. The van der Waals surface area contributed by atoms with Crippen molar-refractivity contribution in [3.63, 3.8) is 0 Å². The first-order valence-electron chi connectivity index (χ1n) is 7.44. The van der Waals surface area contributed by atoms with Crippen LogP contribution in [0.1, 0.15) is 47.0 Å². The van der Waals surface area contributed by atoms with Gasteiger partial charge in [0, 0.05) is 17.1 Å². The number of hydrogen-bond donors (Lipinski definition) is 0. The summed E-state index contributed by atoms with van der Waals surface area (Å²) < 4.78 is 7.43. The van der Waals surface area contributed by atoms with E-state index in [4.69, 9.17) is 9.52 Å². The van der Waals surface area contributed by atoms with Crippen molar-refractivity contribution in [1.82, 2.24) is 4.68 Å². The zero-order chi connectivity index (χ0) is 15.2. The highest BCUT2D eigenvalue weighted by Gasteiger charge is 2.10. The predicted octanol–water partition coefficient (Wildman–Crippen LogP) is 4.53. The number of rotatable bonds is 6. The summed E-state index contributed by atoms with van der Waals surface area (Å²) in [6, 6.07) is 4.09. The van der Waals surface area contributed by atoms with Gasteiger partial charge in [-0.3, -0.25) is 4.99 Å². The first kappa shape index (κ1) is 15.8. The van der Waals surface area contributed by atoms with Gasteiger partial charge >= 0.3 is 0 Å². The van der Waals surface area contributed by atoms with Crippen LogP contribution in [0.4, 0.5) is 0 Å². The van der Waals surface area contributed by atoms with Gasteiger partial charge in [-0.05, 0) is 45.7 Å². The van der Waals surface area contributed by atoms with E-state index in [2.05, 4.69) is 38.1 Å². The molecule has 0 aliphatic rings. The first-order chi connectivity index (χ1) is 10.1. The van der Waals surface area contributed by atoms with Crippen LogP contribution in [0.25, 0.3) is 11.5 Å². The molecule has 0 aromatic carbocycles. The van der Waals surface area contributed by atoms with Crippen LogP contribution in [0.15, 0.2) is 38.3 Å². The van der Waals surface area contributed by atoms with E-state index >= 15 is 0 Å². The van der Waals surface area contributed by atoms with Gasteiger partial charge in [-0.25, -0.2) is 4.68 Å². The summed E-state index contributed by atoms with van der Waals surface area (Å²) in [5.74, 6) is 0.823. The maximum atomic E-state index is 5.52. The third kappa shape index (κ3) is 4.17. The second-order valence-corrected chi connectivity index (χ2v) is 6.19. The minimum atomic E-state index is 0.241. The normalized spacial score (nSPS) is 13.4. The molecule has 0 atom stereocenters. The molecule has 2 heterocycles. The van der Waals surface area contributed by atoms with Gasteiger partial charge in [0.25, 0.3) is 0 Å². The maximum absolute atomic E-state index is 5.52. The van der Waals surface area contributed by atoms with E-state index in [-0.39, 0.29) is 6.04 Å². The Hall–Kier alpha value is -1.62. The molecule has 0 amide bonds. The van der Waals surface area contributed by atoms with Gasteiger partial charge in [-0.2, -0.15) is 5.10 Å². The third-order valence-corrected chi connectivity index (χ3v) is 3.82. The van der Waals surface area contributed by atoms with E-state index in [0.29, 0.717) is 0 Å². The van der Waals surface area contributed by atoms with Gasteiger partial charge in [0.05, 0.1) is 6.26 Å². The second kappa shape index (κ2) is 7.41. The van der Waals surface area contributed by atoms with Gasteiger partial charge in [0.2, 0.25) is 4.80 Å². The van der Waals surface area contributed by atoms with Gasteiger partial charge in [0.15, 0.2) is 5.76 Å². The highest BCUT2D eigenvalue weighted by Crippen LogP contribution is 2.20. The second-order valence-electron chi connectivity index (χ2n) is 5.35. The largest absolute Gasteiger partial charge is 0.463 e. The summed E-state index contributed by atoms with van der Waals surface area (Å²) in [4.78, 5) is 5.57. The average molecular weight is 305 g/mol. The van der Waals surface area contributed by atoms with Gasteiger partial charge in [-0.1, -0.05) is 13.3 Å². The lowest BCUT2D eigenvalue weighted by Crippen LogP contribution is -2.15. The lowest BCUT2D eigenvalue weighted by molar-refractivity contribution is 0.574. The molecule has 0 fully saturated rings. The van der Waals surface area contributed by atoms with Crippen molar-refractivity contribution >= 4 is 17.0 Å². The number of hydrogen-bond acceptors (Lipinski definition) is 4. The average Bonchev–Trinajstić information content (AvgIpc) is 3.06. The molecule has 114 valence electrons. The quantitative estimate of drug-likeness (QED) is 0.723. The van der Waals surface area contributed by atoms with Crippen molar-refractivity contribution in [3.8, 4) is 11.5 Å². The Labute approximate surface area is 129 Å². The number of thiazole rings is 1. The van der Waals surface area contributed by atoms with E-state index in [1.807, 2.05) is 16.8 Å². The fourth-order valence-electron chi connectivity index (χ4n) is 1.95. The maximum Gasteiger partial charge on any atom is 0.206 e. The minimum Gasteiger partial charge on any atom is -0.463 e. The van der Waals surface area contributed by atoms with Crippen molar-refractivity contribution in [2.75, 3.05) is 0 Å². The summed E-state index contributed by atoms with van der Waals surface area (Å²) in [5, 5.41) is 6.81. The molecule has 2 rings (SSSR count). The van der Waals surface area contributed by atoms with Gasteiger partial charge in [-0.15, -0.1) is 11.3 Å². The molecular formula is C16H23N3OS. The number of unbranched alkanes of at least 4 members (excludes halogenated alkanes) is 1. The molecule has 2 aromatic heterocycles. The zero-order valence-electron chi connectivity index (χ0n) is 13.2. The zero-order valence-corrected chi connectivity index (χ0v) is 14.0. The Morgan fingerprint density at radius 1 is 1.43 bits per heavy atom. The van der Waals surface area contributed by atoms with Crippen molar-refractivity contribution in [2.24, 2.45) is 10.1 Å². The van der Waals surface area contributed by atoms with Gasteiger partial charge in [0.1, 0.15) is 5.69 Å². The summed E-state index contributed by atoms with van der Waals surface area (Å²) in [7, 11) is 0. The standard InChI is InChI=1S/C16H23N3OS/c1-5-6-8-13(4)18-19-14(15-9-7-10-20-15)11-21-16(19)17-12(2)3/h7,9-12H,5-6,8H2,1-4H3. The molecule has 2 aromatic rings. The lowest BCUT2D eigenvalue weighted by atomic mass is 10.2. The summed E-state index contributed by atoms with van der Waals surface area (Å²) >= 11 is 1.60. The Balaban J connectivity index is 2.47. The monoisotopic (exact) mass is 305 g/mol. The molecule has 5 heteroatoms. The molecule has 0 N–H and O–H groups in total. The fourth-order valence-corrected chi connectivity index (χ4v) is 2.90. The molecule has 0 aliphatic carbocycles. The van der Waals surface area contributed by atoms with Crippen LogP contribution in [-0.4, -0.2) is 16.4 Å². The summed E-state index contributed by atoms with van der Waals surface area (Å²) in [6.45, 7) is 8.42. The molecule has 21 heavy (non-hydrogen) atoms. The summed E-state index contributed by atoms with van der Waals surface area (Å²) in [5.41, 5.74) is 2.08. The topological polar surface area (TPSA) is 42.8 Å². The van der Waals surface area contributed by atoms with Crippen LogP contribution in [-0.2, 0) is 0 Å². The molecule has 0 aliphatic heterocycles.